The molecule has 6 nitrogen and oxygen atoms in total. The molecule has 7 atom stereocenters. The summed E-state index contributed by atoms with van der Waals surface area (Å²) in [5, 5.41) is 65.0. The van der Waals surface area contributed by atoms with E-state index in [4.69, 9.17) is 0 Å². The van der Waals surface area contributed by atoms with E-state index in [-0.39, 0.29) is 0 Å². The summed E-state index contributed by atoms with van der Waals surface area (Å²) < 4.78 is 1.56. The molecule has 4 rings (SSSR count). The van der Waals surface area contributed by atoms with Crippen LogP contribution < -0.4 is 0 Å². The zero-order valence-electron chi connectivity index (χ0n) is 14.6. The van der Waals surface area contributed by atoms with Gasteiger partial charge in [-0.1, -0.05) is 56.1 Å². The fraction of sp³-hybridized carbons (Fsp3) is 0.400. The van der Waals surface area contributed by atoms with Crippen LogP contribution in [0.25, 0.3) is 0 Å². The van der Waals surface area contributed by atoms with Crippen LogP contribution in [0, 0.1) is 0 Å². The van der Waals surface area contributed by atoms with Gasteiger partial charge in [-0.2, -0.15) is 0 Å². The number of rotatable bonds is 4. The Morgan fingerprint density at radius 2 is 1.32 bits per heavy atom. The molecule has 0 amide bonds. The summed E-state index contributed by atoms with van der Waals surface area (Å²) in [6, 6.07) is 13.4. The predicted molar refractivity (Wildman–Crippen MR) is 108 cm³/mol. The minimum atomic E-state index is -2.26. The molecule has 6 N–H and O–H groups in total. The first-order chi connectivity index (χ1) is 13.1. The van der Waals surface area contributed by atoms with Gasteiger partial charge in [0.25, 0.3) is 0 Å². The number of fused-ring (bicyclic) bond motifs is 1. The van der Waals surface area contributed by atoms with Crippen LogP contribution >= 0.6 is 31.9 Å². The third-order valence-corrected chi connectivity index (χ3v) is 7.49. The quantitative estimate of drug-likeness (QED) is 0.361. The van der Waals surface area contributed by atoms with Gasteiger partial charge in [-0.05, 0) is 35.4 Å². The number of hydrogen-bond acceptors (Lipinski definition) is 6. The van der Waals surface area contributed by atoms with Crippen molar-refractivity contribution in [3.63, 3.8) is 0 Å². The van der Waals surface area contributed by atoms with Crippen LogP contribution in [0.5, 0.6) is 0 Å². The molecule has 2 saturated carbocycles. The van der Waals surface area contributed by atoms with E-state index in [1.807, 2.05) is 0 Å². The number of hydrogen-bond donors (Lipinski definition) is 6. The van der Waals surface area contributed by atoms with Crippen LogP contribution in [-0.4, -0.2) is 66.3 Å². The summed E-state index contributed by atoms with van der Waals surface area (Å²) in [5.74, 6) is -2.23. The second-order valence-electron chi connectivity index (χ2n) is 7.57. The van der Waals surface area contributed by atoms with Crippen molar-refractivity contribution in [3.05, 3.63) is 68.6 Å². The Morgan fingerprint density at radius 3 is 1.79 bits per heavy atom. The van der Waals surface area contributed by atoms with E-state index in [1.54, 1.807) is 48.5 Å². The average molecular weight is 516 g/mol. The molecule has 8 heteroatoms. The number of aliphatic hydroxyl groups is 6. The zero-order chi connectivity index (χ0) is 20.5. The Hall–Kier alpha value is -0.840. The van der Waals surface area contributed by atoms with E-state index in [1.165, 1.54) is 0 Å². The van der Waals surface area contributed by atoms with Crippen molar-refractivity contribution in [2.75, 3.05) is 6.61 Å². The molecule has 0 heterocycles. The lowest BCUT2D eigenvalue weighted by molar-refractivity contribution is -0.459. The Kier molecular flexibility index (Phi) is 4.80. The van der Waals surface area contributed by atoms with E-state index in [0.29, 0.717) is 11.1 Å². The lowest BCUT2D eigenvalue weighted by Gasteiger charge is -2.80. The van der Waals surface area contributed by atoms with Crippen LogP contribution in [0.1, 0.15) is 23.0 Å². The molecule has 0 radical (unpaired) electrons. The summed E-state index contributed by atoms with van der Waals surface area (Å²) >= 11 is 6.63. The predicted octanol–water partition coefficient (Wildman–Crippen LogP) is 1.01. The van der Waals surface area contributed by atoms with Crippen molar-refractivity contribution >= 4 is 31.9 Å². The van der Waals surface area contributed by atoms with Gasteiger partial charge in [-0.15, -0.1) is 0 Å². The molecule has 2 aliphatic carbocycles. The highest BCUT2D eigenvalue weighted by atomic mass is 79.9. The van der Waals surface area contributed by atoms with E-state index < -0.39 is 47.5 Å². The third kappa shape index (κ3) is 2.23. The van der Waals surface area contributed by atoms with Crippen molar-refractivity contribution < 1.29 is 30.6 Å². The van der Waals surface area contributed by atoms with Gasteiger partial charge in [-0.25, -0.2) is 0 Å². The summed E-state index contributed by atoms with van der Waals surface area (Å²) in [7, 11) is 0. The molecule has 2 aliphatic rings. The average Bonchev–Trinajstić information content (AvgIpc) is 2.69. The van der Waals surface area contributed by atoms with Gasteiger partial charge in [-0.3, -0.25) is 0 Å². The fourth-order valence-electron chi connectivity index (χ4n) is 5.14. The van der Waals surface area contributed by atoms with Gasteiger partial charge < -0.3 is 30.6 Å². The van der Waals surface area contributed by atoms with Crippen molar-refractivity contribution in [1.82, 2.24) is 0 Å². The summed E-state index contributed by atoms with van der Waals surface area (Å²) in [5.41, 5.74) is -5.66. The van der Waals surface area contributed by atoms with Crippen LogP contribution in [0.15, 0.2) is 57.5 Å². The van der Waals surface area contributed by atoms with E-state index in [2.05, 4.69) is 31.9 Å². The number of halogens is 2. The standard InChI is InChI=1S/C20H20Br2O6/c21-12-5-1-10(2-6-12)15-17(25)19(27)16(11-3-7-13(22)8-4-11)18(26,14(24)9-23)20(15,19)28/h1-8,14-17,23-28H,9H2/t14-,15?,16?,17?,18+,19+,20+/m1/s1. The minimum Gasteiger partial charge on any atom is -0.394 e. The number of aliphatic hydroxyl groups excluding tert-OH is 3. The highest BCUT2D eigenvalue weighted by molar-refractivity contribution is 9.10. The van der Waals surface area contributed by atoms with Gasteiger partial charge in [0, 0.05) is 14.9 Å². The van der Waals surface area contributed by atoms with E-state index in [0.717, 1.165) is 8.95 Å². The Labute approximate surface area is 178 Å². The number of benzene rings is 2. The first-order valence-corrected chi connectivity index (χ1v) is 10.4. The van der Waals surface area contributed by atoms with Gasteiger partial charge in [0.05, 0.1) is 18.6 Å². The normalized spacial score (nSPS) is 40.2. The van der Waals surface area contributed by atoms with Gasteiger partial charge in [0.2, 0.25) is 0 Å². The van der Waals surface area contributed by atoms with Gasteiger partial charge in [0.15, 0.2) is 0 Å². The van der Waals surface area contributed by atoms with Crippen LogP contribution in [0.4, 0.5) is 0 Å². The topological polar surface area (TPSA) is 121 Å². The largest absolute Gasteiger partial charge is 0.394 e. The molecule has 150 valence electrons. The molecule has 0 saturated heterocycles. The summed E-state index contributed by atoms with van der Waals surface area (Å²) in [4.78, 5) is 0. The van der Waals surface area contributed by atoms with Crippen LogP contribution in [-0.2, 0) is 0 Å². The second kappa shape index (κ2) is 6.58. The lowest BCUT2D eigenvalue weighted by atomic mass is 9.30. The molecule has 2 aromatic rings. The second-order valence-corrected chi connectivity index (χ2v) is 9.41. The van der Waals surface area contributed by atoms with E-state index >= 15 is 0 Å². The lowest BCUT2D eigenvalue weighted by Crippen LogP contribution is -2.99. The molecular formula is C20H20Br2O6. The first kappa shape index (κ1) is 20.4. The SMILES string of the molecule is OC[C@@H](O)[C@]1(O)C(c2ccc(Br)cc2)[C@]2(O)C(O)C(c3ccc(Br)cc3)[C@@]21O. The van der Waals surface area contributed by atoms with Crippen molar-refractivity contribution in [1.29, 1.82) is 0 Å². The molecule has 0 aliphatic heterocycles. The molecule has 0 bridgehead atoms. The molecule has 2 aromatic carbocycles. The minimum absolute atomic E-state index is 0.429. The molecule has 2 fully saturated rings. The highest BCUT2D eigenvalue weighted by Crippen LogP contribution is 2.75. The maximum atomic E-state index is 11.4. The highest BCUT2D eigenvalue weighted by Gasteiger charge is 2.93. The molecule has 0 spiro atoms. The Bertz CT molecular complexity index is 889. The molecule has 3 unspecified atom stereocenters. The maximum absolute atomic E-state index is 11.4. The van der Waals surface area contributed by atoms with Gasteiger partial charge in [0.1, 0.15) is 22.9 Å². The van der Waals surface area contributed by atoms with Crippen LogP contribution in [0.2, 0.25) is 0 Å². The van der Waals surface area contributed by atoms with Crippen molar-refractivity contribution in [2.24, 2.45) is 0 Å². The summed E-state index contributed by atoms with van der Waals surface area (Å²) in [6.45, 7) is -0.814. The fourth-order valence-corrected chi connectivity index (χ4v) is 5.67. The van der Waals surface area contributed by atoms with E-state index in [9.17, 15) is 30.6 Å². The van der Waals surface area contributed by atoms with Gasteiger partial charge >= 0.3 is 0 Å². The first-order valence-electron chi connectivity index (χ1n) is 8.79. The Morgan fingerprint density at radius 1 is 0.857 bits per heavy atom. The molecule has 0 aromatic heterocycles. The Balaban J connectivity index is 1.84. The third-order valence-electron chi connectivity index (χ3n) is 6.43. The zero-order valence-corrected chi connectivity index (χ0v) is 17.7. The smallest absolute Gasteiger partial charge is 0.138 e. The van der Waals surface area contributed by atoms with Crippen molar-refractivity contribution in [3.8, 4) is 0 Å². The monoisotopic (exact) mass is 514 g/mol. The summed E-state index contributed by atoms with van der Waals surface area (Å²) in [6.07, 6.45) is -3.10. The van der Waals surface area contributed by atoms with Crippen molar-refractivity contribution in [2.45, 2.75) is 40.8 Å². The molecule has 28 heavy (non-hydrogen) atoms. The molecular weight excluding hydrogens is 496 g/mol. The van der Waals surface area contributed by atoms with Crippen LogP contribution in [0.3, 0.4) is 0 Å². The maximum Gasteiger partial charge on any atom is 0.138 e.